The first kappa shape index (κ1) is 19.3. The van der Waals surface area contributed by atoms with Gasteiger partial charge in [-0.2, -0.15) is 0 Å². The summed E-state index contributed by atoms with van der Waals surface area (Å²) in [5, 5.41) is 2.66. The third-order valence-corrected chi connectivity index (χ3v) is 4.02. The van der Waals surface area contributed by atoms with Gasteiger partial charge in [-0.05, 0) is 24.3 Å². The monoisotopic (exact) mass is 387 g/mol. The molecule has 1 aliphatic rings. The minimum atomic E-state index is -0.654. The molecule has 0 fully saturated rings. The van der Waals surface area contributed by atoms with Gasteiger partial charge in [0.25, 0.3) is 5.91 Å². The molecule has 1 atom stereocenters. The largest absolute Gasteiger partial charge is 0.497 e. The van der Waals surface area contributed by atoms with E-state index in [0.717, 1.165) is 0 Å². The summed E-state index contributed by atoms with van der Waals surface area (Å²) in [6, 6.07) is 12.0. The van der Waals surface area contributed by atoms with E-state index in [-0.39, 0.29) is 18.2 Å². The molecule has 0 unspecified atom stereocenters. The van der Waals surface area contributed by atoms with Crippen molar-refractivity contribution in [1.29, 1.82) is 0 Å². The molecule has 0 spiro atoms. The average molecular weight is 387 g/mol. The van der Waals surface area contributed by atoms with Crippen molar-refractivity contribution in [2.75, 3.05) is 34.0 Å². The number of para-hydroxylation sites is 2. The van der Waals surface area contributed by atoms with Gasteiger partial charge in [0.1, 0.15) is 24.2 Å². The van der Waals surface area contributed by atoms with Gasteiger partial charge in [-0.25, -0.2) is 4.79 Å². The molecule has 8 heteroatoms. The van der Waals surface area contributed by atoms with E-state index in [4.69, 9.17) is 23.7 Å². The van der Waals surface area contributed by atoms with Crippen molar-refractivity contribution >= 4 is 11.9 Å². The molecule has 1 N–H and O–H groups in total. The molecular weight excluding hydrogens is 366 g/mol. The Labute approximate surface area is 162 Å². The molecule has 3 rings (SSSR count). The molecule has 148 valence electrons. The predicted octanol–water partition coefficient (Wildman–Crippen LogP) is 1.82. The zero-order valence-corrected chi connectivity index (χ0v) is 15.6. The first-order chi connectivity index (χ1) is 13.6. The number of methoxy groups -OCH3 is 2. The maximum atomic E-state index is 12.2. The van der Waals surface area contributed by atoms with Crippen LogP contribution >= 0.6 is 0 Å². The Morgan fingerprint density at radius 3 is 2.43 bits per heavy atom. The number of amides is 1. The fraction of sp³-hybridized carbons (Fsp3) is 0.300. The van der Waals surface area contributed by atoms with Crippen LogP contribution in [0.25, 0.3) is 0 Å². The second-order valence-corrected chi connectivity index (χ2v) is 5.98. The highest BCUT2D eigenvalue weighted by molar-refractivity contribution is 5.92. The van der Waals surface area contributed by atoms with Gasteiger partial charge in [0, 0.05) is 6.07 Å². The molecule has 0 aromatic heterocycles. The Balaban J connectivity index is 1.46. The van der Waals surface area contributed by atoms with E-state index in [1.54, 1.807) is 12.1 Å². The Hall–Kier alpha value is -3.42. The van der Waals surface area contributed by atoms with Crippen molar-refractivity contribution in [3.05, 3.63) is 48.0 Å². The number of carbonyl (C=O) groups is 2. The highest BCUT2D eigenvalue weighted by atomic mass is 16.6. The molecule has 1 aliphatic heterocycles. The van der Waals surface area contributed by atoms with E-state index >= 15 is 0 Å². The summed E-state index contributed by atoms with van der Waals surface area (Å²) >= 11 is 0. The lowest BCUT2D eigenvalue weighted by atomic mass is 10.2. The number of esters is 1. The topological polar surface area (TPSA) is 92.3 Å². The molecule has 1 amide bonds. The highest BCUT2D eigenvalue weighted by Gasteiger charge is 2.21. The number of nitrogens with one attached hydrogen (secondary N) is 1. The van der Waals surface area contributed by atoms with Gasteiger partial charge in [0.05, 0.1) is 26.3 Å². The van der Waals surface area contributed by atoms with Crippen LogP contribution in [0.2, 0.25) is 0 Å². The minimum absolute atomic E-state index is 0.227. The van der Waals surface area contributed by atoms with Crippen molar-refractivity contribution < 1.29 is 33.3 Å². The van der Waals surface area contributed by atoms with Gasteiger partial charge < -0.3 is 29.0 Å². The van der Waals surface area contributed by atoms with Crippen molar-refractivity contribution in [2.45, 2.75) is 6.10 Å². The van der Waals surface area contributed by atoms with Gasteiger partial charge in [-0.3, -0.25) is 4.79 Å². The number of hydrogen-bond donors (Lipinski definition) is 1. The van der Waals surface area contributed by atoms with Crippen LogP contribution in [0.1, 0.15) is 10.4 Å². The van der Waals surface area contributed by atoms with Gasteiger partial charge in [-0.15, -0.1) is 0 Å². The first-order valence-corrected chi connectivity index (χ1v) is 8.64. The van der Waals surface area contributed by atoms with Crippen LogP contribution in [0, 0.1) is 0 Å². The molecule has 1 heterocycles. The van der Waals surface area contributed by atoms with Crippen LogP contribution in [0.5, 0.6) is 23.0 Å². The third-order valence-electron chi connectivity index (χ3n) is 4.02. The zero-order chi connectivity index (χ0) is 19.9. The fourth-order valence-electron chi connectivity index (χ4n) is 2.58. The quantitative estimate of drug-likeness (QED) is 0.725. The van der Waals surface area contributed by atoms with Crippen LogP contribution in [-0.4, -0.2) is 52.0 Å². The lowest BCUT2D eigenvalue weighted by Crippen LogP contribution is -2.42. The Bertz CT molecular complexity index is 830. The van der Waals surface area contributed by atoms with E-state index < -0.39 is 18.5 Å². The summed E-state index contributed by atoms with van der Waals surface area (Å²) in [6.07, 6.45) is -0.322. The smallest absolute Gasteiger partial charge is 0.338 e. The second-order valence-electron chi connectivity index (χ2n) is 5.98. The maximum Gasteiger partial charge on any atom is 0.338 e. The van der Waals surface area contributed by atoms with Crippen LogP contribution in [0.4, 0.5) is 0 Å². The van der Waals surface area contributed by atoms with Gasteiger partial charge >= 0.3 is 5.97 Å². The molecule has 0 bridgehead atoms. The Kier molecular flexibility index (Phi) is 6.21. The van der Waals surface area contributed by atoms with Gasteiger partial charge in [0.15, 0.2) is 18.1 Å². The summed E-state index contributed by atoms with van der Waals surface area (Å²) < 4.78 is 26.6. The lowest BCUT2D eigenvalue weighted by molar-refractivity contribution is -0.124. The van der Waals surface area contributed by atoms with Crippen molar-refractivity contribution in [2.24, 2.45) is 0 Å². The van der Waals surface area contributed by atoms with E-state index in [9.17, 15) is 9.59 Å². The zero-order valence-electron chi connectivity index (χ0n) is 15.6. The number of benzene rings is 2. The number of carbonyl (C=O) groups excluding carboxylic acids is 2. The molecule has 8 nitrogen and oxygen atoms in total. The normalized spacial score (nSPS) is 14.7. The van der Waals surface area contributed by atoms with Crippen molar-refractivity contribution in [1.82, 2.24) is 5.32 Å². The second kappa shape index (κ2) is 8.98. The summed E-state index contributed by atoms with van der Waals surface area (Å²) in [7, 11) is 2.96. The van der Waals surface area contributed by atoms with E-state index in [0.29, 0.717) is 29.6 Å². The number of fused-ring (bicyclic) bond motifs is 1. The van der Waals surface area contributed by atoms with Crippen LogP contribution in [0.15, 0.2) is 42.5 Å². The van der Waals surface area contributed by atoms with Crippen LogP contribution in [0.3, 0.4) is 0 Å². The highest BCUT2D eigenvalue weighted by Crippen LogP contribution is 2.30. The van der Waals surface area contributed by atoms with Crippen LogP contribution < -0.4 is 24.3 Å². The standard InChI is InChI=1S/C20H21NO7/c1-24-14-7-13(8-15(9-14)25-2)20(23)27-12-19(22)21-10-16-11-26-17-5-3-4-6-18(17)28-16/h3-9,16H,10-12H2,1-2H3,(H,21,22)/t16-/m0/s1. The van der Waals surface area contributed by atoms with Crippen LogP contribution in [-0.2, 0) is 9.53 Å². The first-order valence-electron chi connectivity index (χ1n) is 8.64. The summed E-state index contributed by atoms with van der Waals surface area (Å²) in [5.41, 5.74) is 0.227. The molecule has 0 radical (unpaired) electrons. The SMILES string of the molecule is COc1cc(OC)cc(C(=O)OCC(=O)NC[C@H]2COc3ccccc3O2)c1. The van der Waals surface area contributed by atoms with Crippen molar-refractivity contribution in [3.63, 3.8) is 0 Å². The van der Waals surface area contributed by atoms with Crippen molar-refractivity contribution in [3.8, 4) is 23.0 Å². The van der Waals surface area contributed by atoms with Gasteiger partial charge in [-0.1, -0.05) is 12.1 Å². The Morgan fingerprint density at radius 2 is 1.75 bits per heavy atom. The predicted molar refractivity (Wildman–Crippen MR) is 99.2 cm³/mol. The van der Waals surface area contributed by atoms with E-state index in [1.165, 1.54) is 26.4 Å². The molecule has 28 heavy (non-hydrogen) atoms. The molecule has 0 saturated carbocycles. The fourth-order valence-corrected chi connectivity index (χ4v) is 2.58. The molecule has 2 aromatic rings. The molecule has 0 saturated heterocycles. The number of ether oxygens (including phenoxy) is 5. The third kappa shape index (κ3) is 4.85. The van der Waals surface area contributed by atoms with E-state index in [2.05, 4.69) is 5.32 Å². The average Bonchev–Trinajstić information content (AvgIpc) is 2.75. The molecular formula is C20H21NO7. The van der Waals surface area contributed by atoms with Gasteiger partial charge in [0.2, 0.25) is 0 Å². The summed E-state index contributed by atoms with van der Waals surface area (Å²) in [5.74, 6) is 1.11. The summed E-state index contributed by atoms with van der Waals surface area (Å²) in [4.78, 5) is 24.1. The Morgan fingerprint density at radius 1 is 1.07 bits per heavy atom. The molecule has 0 aliphatic carbocycles. The lowest BCUT2D eigenvalue weighted by Gasteiger charge is -2.26. The minimum Gasteiger partial charge on any atom is -0.497 e. The maximum absolute atomic E-state index is 12.2. The molecule has 2 aromatic carbocycles. The number of rotatable bonds is 7. The number of hydrogen-bond acceptors (Lipinski definition) is 7. The van der Waals surface area contributed by atoms with E-state index in [1.807, 2.05) is 18.2 Å². The summed E-state index contributed by atoms with van der Waals surface area (Å²) in [6.45, 7) is 0.140.